The molecule has 0 radical (unpaired) electrons. The standard InChI is InChI=1S/C20H43NO2/c1-17(2,3)21-14-13-19(7,8)11-12-20(9,10)23-16-15-22-18(4,5)6/h21H,11-16H2,1-10H3. The highest BCUT2D eigenvalue weighted by atomic mass is 16.5. The second-order valence-corrected chi connectivity index (χ2v) is 10.2. The average Bonchev–Trinajstić information content (AvgIpc) is 2.30. The Bertz CT molecular complexity index is 322. The third-order valence-corrected chi connectivity index (χ3v) is 3.97. The zero-order valence-electron chi connectivity index (χ0n) is 17.6. The second kappa shape index (κ2) is 8.82. The van der Waals surface area contributed by atoms with E-state index >= 15 is 0 Å². The Labute approximate surface area is 145 Å². The molecular weight excluding hydrogens is 286 g/mol. The second-order valence-electron chi connectivity index (χ2n) is 10.2. The molecule has 0 saturated carbocycles. The molecule has 3 nitrogen and oxygen atoms in total. The molecule has 1 N–H and O–H groups in total. The summed E-state index contributed by atoms with van der Waals surface area (Å²) in [6, 6.07) is 0. The highest BCUT2D eigenvalue weighted by Gasteiger charge is 2.25. The van der Waals surface area contributed by atoms with Gasteiger partial charge in [0.15, 0.2) is 0 Å². The van der Waals surface area contributed by atoms with E-state index in [0.717, 1.165) is 13.0 Å². The molecule has 0 fully saturated rings. The van der Waals surface area contributed by atoms with Crippen molar-refractivity contribution in [2.24, 2.45) is 5.41 Å². The first-order valence-electron chi connectivity index (χ1n) is 9.15. The fraction of sp³-hybridized carbons (Fsp3) is 1.00. The number of ether oxygens (including phenoxy) is 2. The normalized spacial score (nSPS) is 14.3. The van der Waals surface area contributed by atoms with Crippen LogP contribution in [0.15, 0.2) is 0 Å². The van der Waals surface area contributed by atoms with Crippen LogP contribution in [0.3, 0.4) is 0 Å². The lowest BCUT2D eigenvalue weighted by Gasteiger charge is -2.33. The summed E-state index contributed by atoms with van der Waals surface area (Å²) < 4.78 is 11.8. The third-order valence-electron chi connectivity index (χ3n) is 3.97. The molecule has 23 heavy (non-hydrogen) atoms. The Morgan fingerprint density at radius 2 is 1.17 bits per heavy atom. The van der Waals surface area contributed by atoms with E-state index in [4.69, 9.17) is 9.47 Å². The lowest BCUT2D eigenvalue weighted by molar-refractivity contribution is -0.0838. The van der Waals surface area contributed by atoms with Gasteiger partial charge in [-0.15, -0.1) is 0 Å². The number of nitrogens with one attached hydrogen (secondary N) is 1. The molecule has 0 aromatic carbocycles. The molecule has 0 aliphatic carbocycles. The molecule has 0 aliphatic rings. The van der Waals surface area contributed by atoms with Gasteiger partial charge in [0, 0.05) is 5.54 Å². The summed E-state index contributed by atoms with van der Waals surface area (Å²) >= 11 is 0. The van der Waals surface area contributed by atoms with Crippen LogP contribution in [0.25, 0.3) is 0 Å². The van der Waals surface area contributed by atoms with E-state index in [9.17, 15) is 0 Å². The van der Waals surface area contributed by atoms with Crippen LogP contribution in [-0.4, -0.2) is 36.5 Å². The van der Waals surface area contributed by atoms with E-state index in [1.165, 1.54) is 12.8 Å². The summed E-state index contributed by atoms with van der Waals surface area (Å²) in [5.74, 6) is 0. The Balaban J connectivity index is 4.05. The van der Waals surface area contributed by atoms with Crippen molar-refractivity contribution in [1.29, 1.82) is 0 Å². The van der Waals surface area contributed by atoms with Crippen LogP contribution in [0.1, 0.15) is 88.5 Å². The van der Waals surface area contributed by atoms with Crippen LogP contribution >= 0.6 is 0 Å². The van der Waals surface area contributed by atoms with Crippen LogP contribution < -0.4 is 5.32 Å². The molecule has 140 valence electrons. The Morgan fingerprint density at radius 3 is 1.65 bits per heavy atom. The Morgan fingerprint density at radius 1 is 0.652 bits per heavy atom. The van der Waals surface area contributed by atoms with Gasteiger partial charge in [-0.3, -0.25) is 0 Å². The molecule has 0 aromatic heterocycles. The number of rotatable bonds is 10. The van der Waals surface area contributed by atoms with Crippen molar-refractivity contribution in [1.82, 2.24) is 5.32 Å². The lowest BCUT2D eigenvalue weighted by atomic mass is 9.81. The molecule has 0 spiro atoms. The van der Waals surface area contributed by atoms with Gasteiger partial charge in [0.05, 0.1) is 24.4 Å². The minimum Gasteiger partial charge on any atom is -0.373 e. The van der Waals surface area contributed by atoms with Crippen LogP contribution in [0, 0.1) is 5.41 Å². The molecule has 0 atom stereocenters. The van der Waals surface area contributed by atoms with Gasteiger partial charge in [0.25, 0.3) is 0 Å². The molecule has 0 rings (SSSR count). The average molecular weight is 330 g/mol. The summed E-state index contributed by atoms with van der Waals surface area (Å²) in [6.07, 6.45) is 3.43. The van der Waals surface area contributed by atoms with Gasteiger partial charge in [-0.25, -0.2) is 0 Å². The summed E-state index contributed by atoms with van der Waals surface area (Å²) in [6.45, 7) is 24.4. The highest BCUT2D eigenvalue weighted by Crippen LogP contribution is 2.31. The predicted molar refractivity (Wildman–Crippen MR) is 101 cm³/mol. The van der Waals surface area contributed by atoms with Crippen molar-refractivity contribution < 1.29 is 9.47 Å². The number of hydrogen-bond acceptors (Lipinski definition) is 3. The summed E-state index contributed by atoms with van der Waals surface area (Å²) in [4.78, 5) is 0. The SMILES string of the molecule is CC(C)(CCNC(C)(C)C)CCC(C)(C)OCCOC(C)(C)C. The van der Waals surface area contributed by atoms with Gasteiger partial charge >= 0.3 is 0 Å². The van der Waals surface area contributed by atoms with E-state index in [1.54, 1.807) is 0 Å². The molecule has 0 amide bonds. The maximum absolute atomic E-state index is 6.04. The third kappa shape index (κ3) is 15.2. The van der Waals surface area contributed by atoms with Gasteiger partial charge in [-0.2, -0.15) is 0 Å². The summed E-state index contributed by atoms with van der Waals surface area (Å²) in [5, 5.41) is 3.58. The maximum atomic E-state index is 6.04. The number of hydrogen-bond donors (Lipinski definition) is 1. The van der Waals surface area contributed by atoms with E-state index in [0.29, 0.717) is 18.6 Å². The first-order valence-corrected chi connectivity index (χ1v) is 9.15. The van der Waals surface area contributed by atoms with Crippen LogP contribution in [0.5, 0.6) is 0 Å². The summed E-state index contributed by atoms with van der Waals surface area (Å²) in [5.41, 5.74) is 0.359. The summed E-state index contributed by atoms with van der Waals surface area (Å²) in [7, 11) is 0. The van der Waals surface area contributed by atoms with Crippen molar-refractivity contribution in [3.05, 3.63) is 0 Å². The minimum absolute atomic E-state index is 0.0873. The van der Waals surface area contributed by atoms with E-state index in [-0.39, 0.29) is 16.7 Å². The van der Waals surface area contributed by atoms with Crippen molar-refractivity contribution in [3.63, 3.8) is 0 Å². The van der Waals surface area contributed by atoms with Crippen LogP contribution in [0.2, 0.25) is 0 Å². The smallest absolute Gasteiger partial charge is 0.0708 e. The van der Waals surface area contributed by atoms with Gasteiger partial charge < -0.3 is 14.8 Å². The van der Waals surface area contributed by atoms with Crippen LogP contribution in [-0.2, 0) is 9.47 Å². The maximum Gasteiger partial charge on any atom is 0.0708 e. The van der Waals surface area contributed by atoms with E-state index in [1.807, 2.05) is 0 Å². The van der Waals surface area contributed by atoms with Crippen molar-refractivity contribution in [2.45, 2.75) is 105 Å². The molecule has 0 bridgehead atoms. The zero-order valence-corrected chi connectivity index (χ0v) is 17.6. The van der Waals surface area contributed by atoms with Crippen molar-refractivity contribution >= 4 is 0 Å². The predicted octanol–water partition coefficient (Wildman–Crippen LogP) is 5.18. The first kappa shape index (κ1) is 22.9. The monoisotopic (exact) mass is 329 g/mol. The molecule has 0 saturated heterocycles. The van der Waals surface area contributed by atoms with Crippen molar-refractivity contribution in [2.75, 3.05) is 19.8 Å². The van der Waals surface area contributed by atoms with Crippen LogP contribution in [0.4, 0.5) is 0 Å². The Hall–Kier alpha value is -0.120. The quantitative estimate of drug-likeness (QED) is 0.560. The highest BCUT2D eigenvalue weighted by molar-refractivity contribution is 4.78. The minimum atomic E-state index is -0.0877. The largest absolute Gasteiger partial charge is 0.373 e. The van der Waals surface area contributed by atoms with Crippen molar-refractivity contribution in [3.8, 4) is 0 Å². The molecule has 3 heteroatoms. The first-order chi connectivity index (χ1) is 10.1. The molecular formula is C20H43NO2. The topological polar surface area (TPSA) is 30.5 Å². The molecule has 0 heterocycles. The van der Waals surface area contributed by atoms with Gasteiger partial charge in [-0.05, 0) is 86.6 Å². The van der Waals surface area contributed by atoms with E-state index in [2.05, 4.69) is 74.6 Å². The van der Waals surface area contributed by atoms with Gasteiger partial charge in [0.1, 0.15) is 0 Å². The molecule has 0 unspecified atom stereocenters. The zero-order chi connectivity index (χ0) is 18.4. The molecule has 0 aliphatic heterocycles. The Kier molecular flexibility index (Phi) is 8.78. The van der Waals surface area contributed by atoms with E-state index < -0.39 is 0 Å². The van der Waals surface area contributed by atoms with Gasteiger partial charge in [-0.1, -0.05) is 13.8 Å². The molecule has 0 aromatic rings. The fourth-order valence-electron chi connectivity index (χ4n) is 2.28. The lowest BCUT2D eigenvalue weighted by Crippen LogP contribution is -2.38. The fourth-order valence-corrected chi connectivity index (χ4v) is 2.28. The van der Waals surface area contributed by atoms with Gasteiger partial charge in [0.2, 0.25) is 0 Å².